The summed E-state index contributed by atoms with van der Waals surface area (Å²) < 4.78 is 0. The van der Waals surface area contributed by atoms with Crippen molar-refractivity contribution in [3.8, 4) is 0 Å². The monoisotopic (exact) mass is 197 g/mol. The lowest BCUT2D eigenvalue weighted by Gasteiger charge is -2.29. The Kier molecular flexibility index (Phi) is 2.77. The van der Waals surface area contributed by atoms with E-state index < -0.39 is 5.97 Å². The summed E-state index contributed by atoms with van der Waals surface area (Å²) in [5.74, 6) is 1.77. The first-order valence-corrected chi connectivity index (χ1v) is 5.62. The zero-order valence-electron chi connectivity index (χ0n) is 8.48. The maximum Gasteiger partial charge on any atom is 0.303 e. The number of nitrogens with two attached hydrogens (primary N) is 1. The molecule has 2 bridgehead atoms. The van der Waals surface area contributed by atoms with Crippen molar-refractivity contribution in [1.82, 2.24) is 0 Å². The standard InChI is InChI=1S/C11H19NO2/c12-6-8-2-1-7-3-9(5-11(13)14)10(8)4-7/h7-10H,1-6,12H2,(H,13,14)/t7-,8+,9-,10+/m0/s1. The summed E-state index contributed by atoms with van der Waals surface area (Å²) in [7, 11) is 0. The lowest BCUT2D eigenvalue weighted by molar-refractivity contribution is -0.138. The van der Waals surface area contributed by atoms with E-state index in [1.807, 2.05) is 0 Å². The molecule has 2 aliphatic carbocycles. The topological polar surface area (TPSA) is 63.3 Å². The van der Waals surface area contributed by atoms with Gasteiger partial charge in [0.25, 0.3) is 0 Å². The molecular formula is C11H19NO2. The first kappa shape index (κ1) is 9.97. The van der Waals surface area contributed by atoms with Gasteiger partial charge in [0.05, 0.1) is 0 Å². The van der Waals surface area contributed by atoms with Crippen molar-refractivity contribution in [1.29, 1.82) is 0 Å². The van der Waals surface area contributed by atoms with Crippen LogP contribution in [0.4, 0.5) is 0 Å². The average Bonchev–Trinajstić information content (AvgIpc) is 2.44. The second-order valence-electron chi connectivity index (χ2n) is 4.93. The minimum absolute atomic E-state index is 0.359. The average molecular weight is 197 g/mol. The van der Waals surface area contributed by atoms with Gasteiger partial charge in [0, 0.05) is 6.42 Å². The molecule has 0 aromatic carbocycles. The number of aliphatic carboxylic acids is 1. The molecule has 4 atom stereocenters. The highest BCUT2D eigenvalue weighted by atomic mass is 16.4. The first-order chi connectivity index (χ1) is 6.70. The molecule has 2 saturated carbocycles. The van der Waals surface area contributed by atoms with Crippen LogP contribution in [-0.4, -0.2) is 17.6 Å². The van der Waals surface area contributed by atoms with E-state index in [0.29, 0.717) is 24.2 Å². The Labute approximate surface area is 84.7 Å². The van der Waals surface area contributed by atoms with Crippen LogP contribution in [0.5, 0.6) is 0 Å². The number of carbonyl (C=O) groups is 1. The van der Waals surface area contributed by atoms with Crippen LogP contribution < -0.4 is 5.73 Å². The Balaban J connectivity index is 2.02. The molecule has 2 rings (SSSR count). The van der Waals surface area contributed by atoms with Gasteiger partial charge in [-0.05, 0) is 49.5 Å². The first-order valence-electron chi connectivity index (χ1n) is 5.62. The molecule has 3 nitrogen and oxygen atoms in total. The van der Waals surface area contributed by atoms with Crippen molar-refractivity contribution in [2.75, 3.05) is 6.54 Å². The fraction of sp³-hybridized carbons (Fsp3) is 0.909. The van der Waals surface area contributed by atoms with Gasteiger partial charge < -0.3 is 10.8 Å². The maximum absolute atomic E-state index is 10.7. The highest BCUT2D eigenvalue weighted by Crippen LogP contribution is 2.49. The maximum atomic E-state index is 10.7. The van der Waals surface area contributed by atoms with Crippen molar-refractivity contribution in [3.63, 3.8) is 0 Å². The molecular weight excluding hydrogens is 178 g/mol. The Morgan fingerprint density at radius 1 is 1.29 bits per heavy atom. The molecule has 0 heterocycles. The van der Waals surface area contributed by atoms with Crippen LogP contribution in [0.15, 0.2) is 0 Å². The largest absolute Gasteiger partial charge is 0.481 e. The fourth-order valence-corrected chi connectivity index (χ4v) is 3.51. The zero-order chi connectivity index (χ0) is 10.1. The summed E-state index contributed by atoms with van der Waals surface area (Å²) >= 11 is 0. The molecule has 3 N–H and O–H groups in total. The van der Waals surface area contributed by atoms with E-state index in [2.05, 4.69) is 0 Å². The molecule has 2 aliphatic rings. The van der Waals surface area contributed by atoms with Gasteiger partial charge in [0.15, 0.2) is 0 Å². The minimum atomic E-state index is -0.640. The third-order valence-corrected chi connectivity index (χ3v) is 4.14. The number of hydrogen-bond acceptors (Lipinski definition) is 2. The van der Waals surface area contributed by atoms with E-state index in [4.69, 9.17) is 10.8 Å². The van der Waals surface area contributed by atoms with Crippen molar-refractivity contribution in [2.45, 2.75) is 32.1 Å². The summed E-state index contributed by atoms with van der Waals surface area (Å²) in [4.78, 5) is 10.7. The number of carboxylic acids is 1. The second-order valence-corrected chi connectivity index (χ2v) is 4.93. The van der Waals surface area contributed by atoms with Gasteiger partial charge in [-0.25, -0.2) is 0 Å². The van der Waals surface area contributed by atoms with E-state index >= 15 is 0 Å². The molecule has 0 aromatic rings. The van der Waals surface area contributed by atoms with Crippen LogP contribution in [0.25, 0.3) is 0 Å². The molecule has 80 valence electrons. The third-order valence-electron chi connectivity index (χ3n) is 4.14. The van der Waals surface area contributed by atoms with Gasteiger partial charge in [-0.15, -0.1) is 0 Å². The third kappa shape index (κ3) is 1.78. The highest BCUT2D eigenvalue weighted by molar-refractivity contribution is 5.67. The Hall–Kier alpha value is -0.570. The van der Waals surface area contributed by atoms with Crippen molar-refractivity contribution in [2.24, 2.45) is 29.4 Å². The number of fused-ring (bicyclic) bond motifs is 2. The molecule has 0 spiro atoms. The van der Waals surface area contributed by atoms with Crippen molar-refractivity contribution in [3.05, 3.63) is 0 Å². The highest BCUT2D eigenvalue weighted by Gasteiger charge is 2.42. The lowest BCUT2D eigenvalue weighted by atomic mass is 9.77. The Bertz CT molecular complexity index is 229. The SMILES string of the molecule is NC[C@H]1CC[C@H]2C[C@@H](CC(=O)O)[C@@H]1C2. The fourth-order valence-electron chi connectivity index (χ4n) is 3.51. The van der Waals surface area contributed by atoms with Crippen LogP contribution in [0.2, 0.25) is 0 Å². The molecule has 0 radical (unpaired) electrons. The summed E-state index contributed by atoms with van der Waals surface area (Å²) in [6.07, 6.45) is 5.22. The van der Waals surface area contributed by atoms with Crippen LogP contribution in [0, 0.1) is 23.7 Å². The molecule has 0 aromatic heterocycles. The Morgan fingerprint density at radius 2 is 2.07 bits per heavy atom. The molecule has 0 aliphatic heterocycles. The number of rotatable bonds is 3. The van der Waals surface area contributed by atoms with Gasteiger partial charge in [0.1, 0.15) is 0 Å². The van der Waals surface area contributed by atoms with Crippen molar-refractivity contribution >= 4 is 5.97 Å². The normalized spacial score (nSPS) is 41.2. The smallest absolute Gasteiger partial charge is 0.303 e. The van der Waals surface area contributed by atoms with Crippen LogP contribution >= 0.6 is 0 Å². The van der Waals surface area contributed by atoms with E-state index in [9.17, 15) is 4.79 Å². The van der Waals surface area contributed by atoms with Gasteiger partial charge >= 0.3 is 5.97 Å². The van der Waals surface area contributed by atoms with Gasteiger partial charge in [0.2, 0.25) is 0 Å². The van der Waals surface area contributed by atoms with Crippen LogP contribution in [0.3, 0.4) is 0 Å². The van der Waals surface area contributed by atoms with E-state index in [1.54, 1.807) is 0 Å². The predicted molar refractivity (Wildman–Crippen MR) is 53.7 cm³/mol. The molecule has 0 saturated heterocycles. The molecule has 2 fully saturated rings. The van der Waals surface area contributed by atoms with Gasteiger partial charge in [-0.3, -0.25) is 4.79 Å². The summed E-state index contributed by atoms with van der Waals surface area (Å²) in [6.45, 7) is 0.744. The predicted octanol–water partition coefficient (Wildman–Crippen LogP) is 1.47. The molecule has 3 heteroatoms. The number of hydrogen-bond donors (Lipinski definition) is 2. The summed E-state index contributed by atoms with van der Waals surface area (Å²) in [6, 6.07) is 0. The van der Waals surface area contributed by atoms with E-state index in [1.165, 1.54) is 19.3 Å². The van der Waals surface area contributed by atoms with Crippen molar-refractivity contribution < 1.29 is 9.90 Å². The van der Waals surface area contributed by atoms with Crippen LogP contribution in [0.1, 0.15) is 32.1 Å². The molecule has 14 heavy (non-hydrogen) atoms. The second kappa shape index (κ2) is 3.89. The number of carboxylic acid groups (broad SMARTS) is 1. The summed E-state index contributed by atoms with van der Waals surface area (Å²) in [5, 5.41) is 8.82. The van der Waals surface area contributed by atoms with E-state index in [-0.39, 0.29) is 0 Å². The van der Waals surface area contributed by atoms with Gasteiger partial charge in [-0.2, -0.15) is 0 Å². The minimum Gasteiger partial charge on any atom is -0.481 e. The quantitative estimate of drug-likeness (QED) is 0.720. The Morgan fingerprint density at radius 3 is 2.71 bits per heavy atom. The molecule has 0 unspecified atom stereocenters. The summed E-state index contributed by atoms with van der Waals surface area (Å²) in [5.41, 5.74) is 5.73. The van der Waals surface area contributed by atoms with Crippen LogP contribution in [-0.2, 0) is 4.79 Å². The van der Waals surface area contributed by atoms with E-state index in [0.717, 1.165) is 18.9 Å². The molecule has 0 amide bonds. The lowest BCUT2D eigenvalue weighted by Crippen LogP contribution is -2.29. The van der Waals surface area contributed by atoms with Gasteiger partial charge in [-0.1, -0.05) is 6.42 Å². The zero-order valence-corrected chi connectivity index (χ0v) is 8.48.